The standard InChI is InChI=1S/C27H29NO2/c1-19(18-30-2)28-26-17-25(26)23-10-8-20(9-11-23)16-27(29)24-14-12-22(13-15-24)21-6-4-3-5-7-21/h3-15,19,25-26,28H,16-18H2,1-2H3. The molecule has 0 bridgehead atoms. The Morgan fingerprint density at radius 3 is 2.30 bits per heavy atom. The van der Waals surface area contributed by atoms with Gasteiger partial charge in [0.25, 0.3) is 0 Å². The molecule has 0 spiro atoms. The molecule has 0 radical (unpaired) electrons. The molecule has 0 amide bonds. The van der Waals surface area contributed by atoms with Crippen LogP contribution in [0.2, 0.25) is 0 Å². The van der Waals surface area contributed by atoms with E-state index in [9.17, 15) is 4.79 Å². The summed E-state index contributed by atoms with van der Waals surface area (Å²) < 4.78 is 5.20. The van der Waals surface area contributed by atoms with Gasteiger partial charge in [0, 0.05) is 37.1 Å². The Kier molecular flexibility index (Phi) is 6.41. The molecule has 1 aliphatic carbocycles. The molecule has 3 aromatic rings. The summed E-state index contributed by atoms with van der Waals surface area (Å²) in [5.74, 6) is 0.723. The fourth-order valence-electron chi connectivity index (χ4n) is 4.06. The van der Waals surface area contributed by atoms with Crippen molar-refractivity contribution in [2.75, 3.05) is 13.7 Å². The van der Waals surface area contributed by atoms with E-state index in [4.69, 9.17) is 4.74 Å². The molecular formula is C27H29NO2. The Hall–Kier alpha value is -2.75. The molecule has 1 N–H and O–H groups in total. The molecular weight excluding hydrogens is 370 g/mol. The van der Waals surface area contributed by atoms with Gasteiger partial charge in [0.1, 0.15) is 0 Å². The van der Waals surface area contributed by atoms with Crippen LogP contribution in [0.15, 0.2) is 78.9 Å². The number of Topliss-reactive ketones (excluding diaryl/α,β-unsaturated/α-hetero) is 1. The van der Waals surface area contributed by atoms with Crippen LogP contribution < -0.4 is 5.32 Å². The highest BCUT2D eigenvalue weighted by atomic mass is 16.5. The summed E-state index contributed by atoms with van der Waals surface area (Å²) in [6, 6.07) is 27.6. The molecule has 3 heteroatoms. The van der Waals surface area contributed by atoms with Crippen molar-refractivity contribution in [3.63, 3.8) is 0 Å². The highest BCUT2D eigenvalue weighted by Crippen LogP contribution is 2.41. The van der Waals surface area contributed by atoms with Crippen molar-refractivity contribution in [2.24, 2.45) is 0 Å². The molecule has 30 heavy (non-hydrogen) atoms. The quantitative estimate of drug-likeness (QED) is 0.499. The van der Waals surface area contributed by atoms with E-state index >= 15 is 0 Å². The molecule has 3 nitrogen and oxygen atoms in total. The molecule has 0 heterocycles. The van der Waals surface area contributed by atoms with Crippen molar-refractivity contribution in [3.05, 3.63) is 95.6 Å². The summed E-state index contributed by atoms with van der Waals surface area (Å²) in [5, 5.41) is 3.61. The second-order valence-corrected chi connectivity index (χ2v) is 8.26. The van der Waals surface area contributed by atoms with Gasteiger partial charge >= 0.3 is 0 Å². The number of rotatable bonds is 9. The Morgan fingerprint density at radius 2 is 1.63 bits per heavy atom. The first-order valence-electron chi connectivity index (χ1n) is 10.7. The van der Waals surface area contributed by atoms with Crippen molar-refractivity contribution >= 4 is 5.78 Å². The first-order valence-corrected chi connectivity index (χ1v) is 10.7. The van der Waals surface area contributed by atoms with Crippen LogP contribution in [0.5, 0.6) is 0 Å². The van der Waals surface area contributed by atoms with Gasteiger partial charge in [-0.3, -0.25) is 4.79 Å². The number of carbonyl (C=O) groups excluding carboxylic acids is 1. The highest BCUT2D eigenvalue weighted by Gasteiger charge is 2.38. The largest absolute Gasteiger partial charge is 0.383 e. The third kappa shape index (κ3) is 5.05. The molecule has 3 atom stereocenters. The lowest BCUT2D eigenvalue weighted by atomic mass is 9.98. The summed E-state index contributed by atoms with van der Waals surface area (Å²) in [5.41, 5.74) is 5.46. The third-order valence-electron chi connectivity index (χ3n) is 5.79. The molecule has 1 saturated carbocycles. The number of hydrogen-bond donors (Lipinski definition) is 1. The fourth-order valence-corrected chi connectivity index (χ4v) is 4.06. The zero-order valence-electron chi connectivity index (χ0n) is 17.7. The van der Waals surface area contributed by atoms with Crippen molar-refractivity contribution in [1.82, 2.24) is 5.32 Å². The van der Waals surface area contributed by atoms with E-state index in [1.807, 2.05) is 42.5 Å². The molecule has 0 aromatic heterocycles. The maximum absolute atomic E-state index is 12.7. The van der Waals surface area contributed by atoms with E-state index < -0.39 is 0 Å². The zero-order chi connectivity index (χ0) is 20.9. The summed E-state index contributed by atoms with van der Waals surface area (Å²) in [4.78, 5) is 12.7. The number of methoxy groups -OCH3 is 1. The maximum Gasteiger partial charge on any atom is 0.167 e. The van der Waals surface area contributed by atoms with Crippen LogP contribution >= 0.6 is 0 Å². The van der Waals surface area contributed by atoms with E-state index in [1.165, 1.54) is 12.0 Å². The van der Waals surface area contributed by atoms with Crippen LogP contribution in [0.3, 0.4) is 0 Å². The lowest BCUT2D eigenvalue weighted by Gasteiger charge is -2.12. The van der Waals surface area contributed by atoms with Crippen LogP contribution in [0.4, 0.5) is 0 Å². The Morgan fingerprint density at radius 1 is 0.967 bits per heavy atom. The fraction of sp³-hybridized carbons (Fsp3) is 0.296. The average Bonchev–Trinajstić information content (AvgIpc) is 3.54. The molecule has 1 fully saturated rings. The average molecular weight is 400 g/mol. The molecule has 4 rings (SSSR count). The van der Waals surface area contributed by atoms with E-state index in [1.54, 1.807) is 7.11 Å². The third-order valence-corrected chi connectivity index (χ3v) is 5.79. The van der Waals surface area contributed by atoms with Gasteiger partial charge in [-0.1, -0.05) is 78.9 Å². The summed E-state index contributed by atoms with van der Waals surface area (Å²) in [6.45, 7) is 2.89. The minimum Gasteiger partial charge on any atom is -0.383 e. The van der Waals surface area contributed by atoms with Crippen LogP contribution in [0.1, 0.15) is 40.7 Å². The molecule has 154 valence electrons. The normalized spacial score (nSPS) is 18.7. The van der Waals surface area contributed by atoms with Crippen molar-refractivity contribution in [3.8, 4) is 11.1 Å². The van der Waals surface area contributed by atoms with Gasteiger partial charge in [0.05, 0.1) is 6.61 Å². The number of ketones is 1. The minimum atomic E-state index is 0.154. The number of carbonyl (C=O) groups is 1. The monoisotopic (exact) mass is 399 g/mol. The van der Waals surface area contributed by atoms with Crippen LogP contribution in [-0.4, -0.2) is 31.6 Å². The predicted molar refractivity (Wildman–Crippen MR) is 122 cm³/mol. The number of ether oxygens (including phenoxy) is 1. The minimum absolute atomic E-state index is 0.154. The van der Waals surface area contributed by atoms with Crippen LogP contribution in [-0.2, 0) is 11.2 Å². The van der Waals surface area contributed by atoms with Gasteiger partial charge in [-0.2, -0.15) is 0 Å². The molecule has 0 aliphatic heterocycles. The number of benzene rings is 3. The van der Waals surface area contributed by atoms with E-state index in [0.29, 0.717) is 24.4 Å². The van der Waals surface area contributed by atoms with E-state index in [0.717, 1.165) is 28.9 Å². The first kappa shape index (κ1) is 20.5. The van der Waals surface area contributed by atoms with Gasteiger partial charge in [-0.25, -0.2) is 0 Å². The lowest BCUT2D eigenvalue weighted by molar-refractivity contribution is 0.0993. The van der Waals surface area contributed by atoms with Gasteiger partial charge in [-0.05, 0) is 35.6 Å². The first-order chi connectivity index (χ1) is 14.6. The highest BCUT2D eigenvalue weighted by molar-refractivity contribution is 5.97. The van der Waals surface area contributed by atoms with Gasteiger partial charge in [0.15, 0.2) is 5.78 Å². The number of hydrogen-bond acceptors (Lipinski definition) is 3. The smallest absolute Gasteiger partial charge is 0.167 e. The second kappa shape index (κ2) is 9.38. The Labute approximate surface area is 179 Å². The molecule has 3 aromatic carbocycles. The van der Waals surface area contributed by atoms with E-state index in [2.05, 4.69) is 48.6 Å². The van der Waals surface area contributed by atoms with Gasteiger partial charge in [0.2, 0.25) is 0 Å². The van der Waals surface area contributed by atoms with Crippen LogP contribution in [0, 0.1) is 0 Å². The van der Waals surface area contributed by atoms with E-state index in [-0.39, 0.29) is 5.78 Å². The topological polar surface area (TPSA) is 38.3 Å². The summed E-state index contributed by atoms with van der Waals surface area (Å²) in [7, 11) is 1.74. The predicted octanol–water partition coefficient (Wildman–Crippen LogP) is 5.26. The van der Waals surface area contributed by atoms with Crippen LogP contribution in [0.25, 0.3) is 11.1 Å². The lowest BCUT2D eigenvalue weighted by Crippen LogP contribution is -2.32. The maximum atomic E-state index is 12.7. The number of nitrogens with one attached hydrogen (secondary N) is 1. The van der Waals surface area contributed by atoms with Crippen molar-refractivity contribution in [1.29, 1.82) is 0 Å². The summed E-state index contributed by atoms with van der Waals surface area (Å²) in [6.07, 6.45) is 1.60. The Bertz CT molecular complexity index is 964. The molecule has 3 unspecified atom stereocenters. The molecule has 1 aliphatic rings. The molecule has 0 saturated heterocycles. The summed E-state index contributed by atoms with van der Waals surface area (Å²) >= 11 is 0. The SMILES string of the molecule is COCC(C)NC1CC1c1ccc(CC(=O)c2ccc(-c3ccccc3)cc2)cc1. The Balaban J connectivity index is 1.33. The zero-order valence-corrected chi connectivity index (χ0v) is 17.7. The second-order valence-electron chi connectivity index (χ2n) is 8.26. The van der Waals surface area contributed by atoms with Crippen molar-refractivity contribution in [2.45, 2.75) is 37.8 Å². The van der Waals surface area contributed by atoms with Gasteiger partial charge in [-0.15, -0.1) is 0 Å². The van der Waals surface area contributed by atoms with Gasteiger partial charge < -0.3 is 10.1 Å². The van der Waals surface area contributed by atoms with Crippen molar-refractivity contribution < 1.29 is 9.53 Å².